The third kappa shape index (κ3) is 3.99. The number of amides is 1. The van der Waals surface area contributed by atoms with Crippen molar-refractivity contribution in [2.45, 2.75) is 37.0 Å². The van der Waals surface area contributed by atoms with Gasteiger partial charge >= 0.3 is 7.12 Å². The minimum Gasteiger partial charge on any atom is -0.464 e. The predicted molar refractivity (Wildman–Crippen MR) is 123 cm³/mol. The Labute approximate surface area is 187 Å². The number of hydrogen-bond donors (Lipinski definition) is 3. The lowest BCUT2D eigenvalue weighted by Gasteiger charge is -2.33. The van der Waals surface area contributed by atoms with E-state index in [-0.39, 0.29) is 24.2 Å². The summed E-state index contributed by atoms with van der Waals surface area (Å²) in [7, 11) is -1.68. The molecule has 7 heteroatoms. The van der Waals surface area contributed by atoms with Crippen molar-refractivity contribution in [1.82, 2.24) is 5.32 Å². The Balaban J connectivity index is 1.29. The van der Waals surface area contributed by atoms with E-state index in [1.807, 2.05) is 30.3 Å². The van der Waals surface area contributed by atoms with Crippen molar-refractivity contribution < 1.29 is 24.0 Å². The first-order valence-electron chi connectivity index (χ1n) is 11.1. The Kier molecular flexibility index (Phi) is 5.63. The number of carbonyl (C=O) groups excluding carboxylic acids is 1. The van der Waals surface area contributed by atoms with Gasteiger partial charge in [-0.25, -0.2) is 0 Å². The molecule has 0 radical (unpaired) electrons. The summed E-state index contributed by atoms with van der Waals surface area (Å²) in [6.45, 7) is 1.49. The molecule has 2 heterocycles. The molecule has 1 aliphatic carbocycles. The topological polar surface area (TPSA) is 91.9 Å². The molecule has 5 rings (SSSR count). The van der Waals surface area contributed by atoms with Gasteiger partial charge in [0.2, 0.25) is 5.91 Å². The highest BCUT2D eigenvalue weighted by molar-refractivity contribution is 6.43. The number of benzene rings is 2. The zero-order valence-electron chi connectivity index (χ0n) is 17.8. The molecular weight excluding hydrogens is 405 g/mol. The van der Waals surface area contributed by atoms with Gasteiger partial charge in [-0.1, -0.05) is 48.6 Å². The van der Waals surface area contributed by atoms with Crippen molar-refractivity contribution in [2.75, 3.05) is 13.2 Å². The number of ether oxygens (including phenoxy) is 1. The van der Waals surface area contributed by atoms with Gasteiger partial charge < -0.3 is 24.5 Å². The fraction of sp³-hybridized carbons (Fsp3) is 0.320. The SMILES string of the molecule is O=C(Cc1ccc2c(c1)C1(C=C2)CCOCC1)N[C@@H](Cc1coc2ccccc12)B(O)O. The van der Waals surface area contributed by atoms with Crippen molar-refractivity contribution in [2.24, 2.45) is 0 Å². The fourth-order valence-corrected chi connectivity index (χ4v) is 4.90. The second-order valence-corrected chi connectivity index (χ2v) is 8.75. The van der Waals surface area contributed by atoms with Crippen LogP contribution in [0, 0.1) is 0 Å². The van der Waals surface area contributed by atoms with Gasteiger partial charge in [0, 0.05) is 24.0 Å². The van der Waals surface area contributed by atoms with Gasteiger partial charge in [0.05, 0.1) is 18.6 Å². The summed E-state index contributed by atoms with van der Waals surface area (Å²) in [5, 5.41) is 23.5. The summed E-state index contributed by atoms with van der Waals surface area (Å²) in [6, 6.07) is 13.7. The van der Waals surface area contributed by atoms with Crippen molar-refractivity contribution >= 4 is 30.1 Å². The molecular formula is C25H26BNO5. The number of nitrogens with one attached hydrogen (secondary N) is 1. The zero-order chi connectivity index (χ0) is 22.1. The minimum atomic E-state index is -1.68. The van der Waals surface area contributed by atoms with Gasteiger partial charge in [0.15, 0.2) is 0 Å². The highest BCUT2D eigenvalue weighted by atomic mass is 16.5. The third-order valence-corrected chi connectivity index (χ3v) is 6.69. The molecule has 1 aromatic heterocycles. The number of fused-ring (bicyclic) bond motifs is 3. The molecule has 1 amide bonds. The molecule has 1 saturated heterocycles. The second kappa shape index (κ2) is 8.58. The average Bonchev–Trinajstić information content (AvgIpc) is 3.36. The molecule has 1 fully saturated rings. The monoisotopic (exact) mass is 431 g/mol. The number of rotatable bonds is 6. The lowest BCUT2D eigenvalue weighted by molar-refractivity contribution is -0.120. The van der Waals surface area contributed by atoms with Crippen molar-refractivity contribution in [3.8, 4) is 0 Å². The van der Waals surface area contributed by atoms with E-state index in [9.17, 15) is 14.8 Å². The van der Waals surface area contributed by atoms with Crippen molar-refractivity contribution in [3.05, 3.63) is 77.1 Å². The first-order chi connectivity index (χ1) is 15.5. The summed E-state index contributed by atoms with van der Waals surface area (Å²) in [6.07, 6.45) is 8.38. The van der Waals surface area contributed by atoms with Crippen LogP contribution >= 0.6 is 0 Å². The Morgan fingerprint density at radius 1 is 1.16 bits per heavy atom. The lowest BCUT2D eigenvalue weighted by atomic mass is 9.75. The molecule has 1 spiro atoms. The maximum atomic E-state index is 12.8. The summed E-state index contributed by atoms with van der Waals surface area (Å²) in [4.78, 5) is 12.8. The minimum absolute atomic E-state index is 0.00619. The van der Waals surface area contributed by atoms with Crippen LogP contribution in [0.3, 0.4) is 0 Å². The maximum absolute atomic E-state index is 12.8. The molecule has 1 aliphatic heterocycles. The number of carbonyl (C=O) groups is 1. The number of para-hydroxylation sites is 1. The molecule has 6 nitrogen and oxygen atoms in total. The van der Waals surface area contributed by atoms with E-state index in [1.165, 1.54) is 11.1 Å². The molecule has 0 saturated carbocycles. The summed E-state index contributed by atoms with van der Waals surface area (Å²) in [5.74, 6) is -1.08. The van der Waals surface area contributed by atoms with Crippen LogP contribution < -0.4 is 5.32 Å². The highest BCUT2D eigenvalue weighted by Gasteiger charge is 2.36. The average molecular weight is 431 g/mol. The van der Waals surface area contributed by atoms with Crippen LogP contribution in [0.15, 0.2) is 59.2 Å². The van der Waals surface area contributed by atoms with E-state index < -0.39 is 13.1 Å². The van der Waals surface area contributed by atoms with Gasteiger partial charge in [-0.2, -0.15) is 0 Å². The Hall–Kier alpha value is -2.87. The van der Waals surface area contributed by atoms with Crippen molar-refractivity contribution in [1.29, 1.82) is 0 Å². The quantitative estimate of drug-likeness (QED) is 0.522. The molecule has 0 bridgehead atoms. The number of hydrogen-bond acceptors (Lipinski definition) is 5. The molecule has 2 aliphatic rings. The summed E-state index contributed by atoms with van der Waals surface area (Å²) in [5.41, 5.74) is 4.93. The largest absolute Gasteiger partial charge is 0.475 e. The van der Waals surface area contributed by atoms with Gasteiger partial charge in [0.25, 0.3) is 0 Å². The van der Waals surface area contributed by atoms with Gasteiger partial charge in [-0.15, -0.1) is 0 Å². The van der Waals surface area contributed by atoms with Crippen LogP contribution in [0.25, 0.3) is 17.0 Å². The van der Waals surface area contributed by atoms with E-state index >= 15 is 0 Å². The van der Waals surface area contributed by atoms with Crippen LogP contribution in [-0.2, 0) is 27.8 Å². The van der Waals surface area contributed by atoms with Crippen LogP contribution in [0.1, 0.15) is 35.1 Å². The molecule has 2 aromatic carbocycles. The first kappa shape index (κ1) is 21.0. The number of allylic oxidation sites excluding steroid dienone is 1. The Bertz CT molecular complexity index is 1160. The van der Waals surface area contributed by atoms with E-state index in [4.69, 9.17) is 9.15 Å². The fourth-order valence-electron chi connectivity index (χ4n) is 4.90. The molecule has 1 atom stereocenters. The van der Waals surface area contributed by atoms with Gasteiger partial charge in [-0.3, -0.25) is 4.79 Å². The highest BCUT2D eigenvalue weighted by Crippen LogP contribution is 2.43. The predicted octanol–water partition coefficient (Wildman–Crippen LogP) is 2.79. The van der Waals surface area contributed by atoms with E-state index in [1.54, 1.807) is 6.26 Å². The Morgan fingerprint density at radius 2 is 1.97 bits per heavy atom. The molecule has 32 heavy (non-hydrogen) atoms. The standard InChI is InChI=1S/C25H26BNO5/c28-24(27-23(26(29)30)15-19-16-32-22-4-2-1-3-20(19)22)14-17-5-6-18-7-8-25(21(18)13-17)9-11-31-12-10-25/h1-8,13,16,23,29-30H,9-12,14-15H2,(H,27,28)/t23-/m0/s1. The molecule has 3 aromatic rings. The van der Waals surface area contributed by atoms with Crippen molar-refractivity contribution in [3.63, 3.8) is 0 Å². The van der Waals surface area contributed by atoms with Crippen LogP contribution in [0.5, 0.6) is 0 Å². The van der Waals surface area contributed by atoms with Gasteiger partial charge in [-0.05, 0) is 47.6 Å². The summed E-state index contributed by atoms with van der Waals surface area (Å²) >= 11 is 0. The van der Waals surface area contributed by atoms with E-state index in [0.717, 1.165) is 48.2 Å². The van der Waals surface area contributed by atoms with E-state index in [0.29, 0.717) is 0 Å². The number of furan rings is 1. The molecule has 3 N–H and O–H groups in total. The normalized spacial score (nSPS) is 17.4. The summed E-state index contributed by atoms with van der Waals surface area (Å²) < 4.78 is 11.1. The van der Waals surface area contributed by atoms with Gasteiger partial charge in [0.1, 0.15) is 5.58 Å². The zero-order valence-corrected chi connectivity index (χ0v) is 17.8. The second-order valence-electron chi connectivity index (χ2n) is 8.75. The molecule has 164 valence electrons. The lowest BCUT2D eigenvalue weighted by Crippen LogP contribution is -2.48. The van der Waals surface area contributed by atoms with Crippen LogP contribution in [-0.4, -0.2) is 42.2 Å². The molecule has 0 unspecified atom stereocenters. The van der Waals surface area contributed by atoms with Crippen LogP contribution in [0.4, 0.5) is 0 Å². The third-order valence-electron chi connectivity index (χ3n) is 6.69. The van der Waals surface area contributed by atoms with Crippen LogP contribution in [0.2, 0.25) is 0 Å². The maximum Gasteiger partial charge on any atom is 0.475 e. The first-order valence-corrected chi connectivity index (χ1v) is 11.1. The smallest absolute Gasteiger partial charge is 0.464 e. The Morgan fingerprint density at radius 3 is 2.78 bits per heavy atom. The van der Waals surface area contributed by atoms with E-state index in [2.05, 4.69) is 29.6 Å².